The molecular weight excluding hydrogens is 222 g/mol. The lowest BCUT2D eigenvalue weighted by Crippen LogP contribution is -2.01. The van der Waals surface area contributed by atoms with E-state index in [1.807, 2.05) is 6.07 Å². The Bertz CT molecular complexity index is 237. The maximum absolute atomic E-state index is 5.03. The number of halogens is 1. The molecule has 1 atom stereocenters. The number of nitrogens with zero attached hydrogens (tertiary/aromatic N) is 1. The molecule has 0 radical (unpaired) electrons. The van der Waals surface area contributed by atoms with E-state index in [9.17, 15) is 0 Å². The van der Waals surface area contributed by atoms with Crippen LogP contribution in [0, 0.1) is 0 Å². The van der Waals surface area contributed by atoms with Crippen LogP contribution in [0.1, 0.15) is 24.3 Å². The highest BCUT2D eigenvalue weighted by molar-refractivity contribution is 9.08. The molecule has 0 saturated carbocycles. The first kappa shape index (κ1) is 9.74. The van der Waals surface area contributed by atoms with Crippen LogP contribution < -0.4 is 0 Å². The van der Waals surface area contributed by atoms with E-state index >= 15 is 0 Å². The molecule has 0 fully saturated rings. The Labute approximate surface area is 80.2 Å². The summed E-state index contributed by atoms with van der Waals surface area (Å²) in [5, 5.41) is 4.63. The summed E-state index contributed by atoms with van der Waals surface area (Å²) in [6, 6.07) is 1.94. The first-order valence-electron chi connectivity index (χ1n) is 3.78. The number of alkyl halides is 1. The van der Waals surface area contributed by atoms with E-state index < -0.39 is 0 Å². The van der Waals surface area contributed by atoms with Crippen LogP contribution in [0.5, 0.6) is 0 Å². The molecule has 4 heteroatoms. The van der Waals surface area contributed by atoms with E-state index in [0.717, 1.165) is 11.5 Å². The largest absolute Gasteiger partial charge is 0.384 e. The monoisotopic (exact) mass is 233 g/mol. The topological polar surface area (TPSA) is 35.3 Å². The number of methoxy groups -OCH3 is 1. The average molecular weight is 234 g/mol. The van der Waals surface area contributed by atoms with Crippen LogP contribution in [-0.2, 0) is 10.1 Å². The molecule has 1 aromatic rings. The number of hydrogen-bond donors (Lipinski definition) is 0. The van der Waals surface area contributed by atoms with E-state index in [1.165, 1.54) is 0 Å². The second-order valence-electron chi connectivity index (χ2n) is 2.71. The predicted octanol–water partition coefficient (Wildman–Crippen LogP) is 2.32. The van der Waals surface area contributed by atoms with Gasteiger partial charge in [-0.05, 0) is 0 Å². The van der Waals surface area contributed by atoms with Crippen LogP contribution in [-0.4, -0.2) is 18.9 Å². The van der Waals surface area contributed by atoms with Crippen molar-refractivity contribution in [3.05, 3.63) is 17.5 Å². The summed E-state index contributed by atoms with van der Waals surface area (Å²) < 4.78 is 10.0. The van der Waals surface area contributed by atoms with Crippen LogP contribution in [0.4, 0.5) is 0 Å². The summed E-state index contributed by atoms with van der Waals surface area (Å²) in [5.41, 5.74) is 0.950. The highest BCUT2D eigenvalue weighted by atomic mass is 79.9. The number of aromatic nitrogens is 1. The first-order valence-corrected chi connectivity index (χ1v) is 4.90. The molecule has 3 nitrogen and oxygen atoms in total. The van der Waals surface area contributed by atoms with Gasteiger partial charge in [-0.25, -0.2) is 0 Å². The van der Waals surface area contributed by atoms with Gasteiger partial charge in [0.2, 0.25) is 0 Å². The van der Waals surface area contributed by atoms with Crippen LogP contribution in [0.25, 0.3) is 0 Å². The molecule has 0 saturated heterocycles. The molecule has 0 spiro atoms. The van der Waals surface area contributed by atoms with Crippen molar-refractivity contribution < 1.29 is 9.26 Å². The SMILES string of the molecule is COCC(C)c1cc(CBr)on1. The second kappa shape index (κ2) is 4.62. The Balaban J connectivity index is 2.61. The van der Waals surface area contributed by atoms with E-state index in [0.29, 0.717) is 17.9 Å². The van der Waals surface area contributed by atoms with Crippen LogP contribution in [0.2, 0.25) is 0 Å². The van der Waals surface area contributed by atoms with Gasteiger partial charge in [0.15, 0.2) is 0 Å². The summed E-state index contributed by atoms with van der Waals surface area (Å²) in [6.07, 6.45) is 0. The van der Waals surface area contributed by atoms with Crippen molar-refractivity contribution in [2.45, 2.75) is 18.2 Å². The minimum absolute atomic E-state index is 0.298. The fourth-order valence-corrected chi connectivity index (χ4v) is 1.22. The van der Waals surface area contributed by atoms with Crippen molar-refractivity contribution in [3.8, 4) is 0 Å². The molecule has 12 heavy (non-hydrogen) atoms. The molecule has 0 aliphatic rings. The van der Waals surface area contributed by atoms with Gasteiger partial charge in [-0.15, -0.1) is 0 Å². The van der Waals surface area contributed by atoms with Crippen LogP contribution in [0.15, 0.2) is 10.6 Å². The maximum atomic E-state index is 5.03. The molecule has 0 aliphatic carbocycles. The Hall–Kier alpha value is -0.350. The summed E-state index contributed by atoms with van der Waals surface area (Å²) in [5.74, 6) is 1.15. The van der Waals surface area contributed by atoms with Gasteiger partial charge in [0, 0.05) is 19.1 Å². The van der Waals surface area contributed by atoms with Crippen LogP contribution >= 0.6 is 15.9 Å². The molecule has 1 aromatic heterocycles. The normalized spacial score (nSPS) is 13.2. The quantitative estimate of drug-likeness (QED) is 0.750. The summed E-state index contributed by atoms with van der Waals surface area (Å²) in [7, 11) is 1.68. The number of ether oxygens (including phenoxy) is 1. The molecule has 0 aromatic carbocycles. The van der Waals surface area contributed by atoms with Gasteiger partial charge in [0.25, 0.3) is 0 Å². The van der Waals surface area contributed by atoms with E-state index in [4.69, 9.17) is 9.26 Å². The third-order valence-electron chi connectivity index (χ3n) is 1.63. The first-order chi connectivity index (χ1) is 5.77. The van der Waals surface area contributed by atoms with Gasteiger partial charge in [-0.1, -0.05) is 28.0 Å². The highest BCUT2D eigenvalue weighted by Gasteiger charge is 2.10. The minimum Gasteiger partial charge on any atom is -0.384 e. The third-order valence-corrected chi connectivity index (χ3v) is 2.18. The maximum Gasteiger partial charge on any atom is 0.147 e. The Morgan fingerprint density at radius 3 is 3.00 bits per heavy atom. The molecular formula is C8H12BrNO2. The molecule has 0 N–H and O–H groups in total. The molecule has 0 amide bonds. The fraction of sp³-hybridized carbons (Fsp3) is 0.625. The highest BCUT2D eigenvalue weighted by Crippen LogP contribution is 2.16. The zero-order chi connectivity index (χ0) is 8.97. The minimum atomic E-state index is 0.298. The van der Waals surface area contributed by atoms with Crippen molar-refractivity contribution in [2.75, 3.05) is 13.7 Å². The Kier molecular flexibility index (Phi) is 3.75. The number of rotatable bonds is 4. The Morgan fingerprint density at radius 2 is 2.50 bits per heavy atom. The standard InChI is InChI=1S/C8H12BrNO2/c1-6(5-11-2)8-3-7(4-9)12-10-8/h3,6H,4-5H2,1-2H3. The molecule has 68 valence electrons. The van der Waals surface area contributed by atoms with Gasteiger partial charge in [0.1, 0.15) is 5.76 Å². The predicted molar refractivity (Wildman–Crippen MR) is 49.4 cm³/mol. The molecule has 1 heterocycles. The average Bonchev–Trinajstić information content (AvgIpc) is 2.52. The lowest BCUT2D eigenvalue weighted by molar-refractivity contribution is 0.181. The molecule has 1 rings (SSSR count). The lowest BCUT2D eigenvalue weighted by Gasteiger charge is -2.03. The van der Waals surface area contributed by atoms with Gasteiger partial charge in [-0.3, -0.25) is 0 Å². The van der Waals surface area contributed by atoms with Crippen molar-refractivity contribution in [2.24, 2.45) is 0 Å². The van der Waals surface area contributed by atoms with E-state index in [2.05, 4.69) is 28.0 Å². The van der Waals surface area contributed by atoms with Gasteiger partial charge < -0.3 is 9.26 Å². The van der Waals surface area contributed by atoms with E-state index in [-0.39, 0.29) is 0 Å². The lowest BCUT2D eigenvalue weighted by atomic mass is 10.1. The fourth-order valence-electron chi connectivity index (χ4n) is 0.960. The van der Waals surface area contributed by atoms with Gasteiger partial charge in [-0.2, -0.15) is 0 Å². The Morgan fingerprint density at radius 1 is 1.75 bits per heavy atom. The smallest absolute Gasteiger partial charge is 0.147 e. The van der Waals surface area contributed by atoms with E-state index in [1.54, 1.807) is 7.11 Å². The second-order valence-corrected chi connectivity index (χ2v) is 3.27. The summed E-state index contributed by atoms with van der Waals surface area (Å²) in [4.78, 5) is 0. The summed E-state index contributed by atoms with van der Waals surface area (Å²) >= 11 is 3.29. The van der Waals surface area contributed by atoms with Gasteiger partial charge >= 0.3 is 0 Å². The van der Waals surface area contributed by atoms with Crippen LogP contribution in [0.3, 0.4) is 0 Å². The van der Waals surface area contributed by atoms with Gasteiger partial charge in [0.05, 0.1) is 17.6 Å². The molecule has 0 bridgehead atoms. The van der Waals surface area contributed by atoms with Crippen molar-refractivity contribution in [1.29, 1.82) is 0 Å². The number of hydrogen-bond acceptors (Lipinski definition) is 3. The molecule has 1 unspecified atom stereocenters. The van der Waals surface area contributed by atoms with Crippen molar-refractivity contribution >= 4 is 15.9 Å². The molecule has 0 aliphatic heterocycles. The summed E-state index contributed by atoms with van der Waals surface area (Å²) in [6.45, 7) is 2.73. The third kappa shape index (κ3) is 2.32. The zero-order valence-electron chi connectivity index (χ0n) is 7.21. The van der Waals surface area contributed by atoms with Crippen molar-refractivity contribution in [3.63, 3.8) is 0 Å². The zero-order valence-corrected chi connectivity index (χ0v) is 8.80. The van der Waals surface area contributed by atoms with Crippen molar-refractivity contribution in [1.82, 2.24) is 5.16 Å².